The molecule has 2 bridgehead atoms. The second-order valence-corrected chi connectivity index (χ2v) is 6.12. The van der Waals surface area contributed by atoms with Crippen molar-refractivity contribution in [2.75, 3.05) is 0 Å². The highest BCUT2D eigenvalue weighted by Crippen LogP contribution is 2.53. The van der Waals surface area contributed by atoms with Crippen molar-refractivity contribution >= 4 is 12.1 Å². The topological polar surface area (TPSA) is 34.1 Å². The van der Waals surface area contributed by atoms with Crippen LogP contribution in [0.25, 0.3) is 0 Å². The minimum absolute atomic E-state index is 0.0398. The Morgan fingerprint density at radius 2 is 1.57 bits per heavy atom. The minimum Gasteiger partial charge on any atom is -0.298 e. The van der Waals surface area contributed by atoms with Crippen molar-refractivity contribution in [1.29, 1.82) is 0 Å². The molecule has 0 saturated heterocycles. The van der Waals surface area contributed by atoms with Crippen LogP contribution in [0.4, 0.5) is 0 Å². The molecule has 0 heterocycles. The van der Waals surface area contributed by atoms with Crippen molar-refractivity contribution in [3.8, 4) is 0 Å². The highest BCUT2D eigenvalue weighted by molar-refractivity contribution is 6.09. The third-order valence-corrected chi connectivity index (χ3v) is 4.97. The molecule has 4 rings (SSSR count). The summed E-state index contributed by atoms with van der Waals surface area (Å²) in [5, 5.41) is 0. The molecular weight excluding hydrogens is 260 g/mol. The van der Waals surface area contributed by atoms with Gasteiger partial charge in [0.1, 0.15) is 6.29 Å². The van der Waals surface area contributed by atoms with Gasteiger partial charge in [-0.25, -0.2) is 0 Å². The van der Waals surface area contributed by atoms with Crippen LogP contribution in [0.5, 0.6) is 0 Å². The highest BCUT2D eigenvalue weighted by Gasteiger charge is 2.36. The van der Waals surface area contributed by atoms with Gasteiger partial charge in [-0.2, -0.15) is 0 Å². The average molecular weight is 276 g/mol. The fourth-order valence-electron chi connectivity index (χ4n) is 3.87. The van der Waals surface area contributed by atoms with Gasteiger partial charge >= 0.3 is 0 Å². The molecule has 2 atom stereocenters. The summed E-state index contributed by atoms with van der Waals surface area (Å²) in [6.45, 7) is 0. The molecule has 2 aromatic carbocycles. The van der Waals surface area contributed by atoms with Crippen LogP contribution in [0.2, 0.25) is 0 Å². The summed E-state index contributed by atoms with van der Waals surface area (Å²) < 4.78 is 0. The number of hydrogen-bond acceptors (Lipinski definition) is 2. The number of rotatable bonds is 3. The Hall–Kier alpha value is -2.22. The summed E-state index contributed by atoms with van der Waals surface area (Å²) >= 11 is 0. The van der Waals surface area contributed by atoms with E-state index in [0.29, 0.717) is 17.0 Å². The van der Waals surface area contributed by atoms with Crippen molar-refractivity contribution in [2.45, 2.75) is 31.1 Å². The van der Waals surface area contributed by atoms with Gasteiger partial charge in [0.2, 0.25) is 0 Å². The quantitative estimate of drug-likeness (QED) is 0.625. The zero-order valence-electron chi connectivity index (χ0n) is 11.7. The van der Waals surface area contributed by atoms with Crippen molar-refractivity contribution in [2.24, 2.45) is 0 Å². The Morgan fingerprint density at radius 1 is 0.905 bits per heavy atom. The molecule has 2 aliphatic rings. The Labute approximate surface area is 123 Å². The second-order valence-electron chi connectivity index (χ2n) is 6.12. The largest absolute Gasteiger partial charge is 0.298 e. The molecule has 2 nitrogen and oxygen atoms in total. The van der Waals surface area contributed by atoms with Gasteiger partial charge in [0.05, 0.1) is 0 Å². The number of fused-ring (bicyclic) bond motifs is 5. The number of ketones is 1. The predicted molar refractivity (Wildman–Crippen MR) is 81.0 cm³/mol. The first-order valence-electron chi connectivity index (χ1n) is 7.50. The Balaban J connectivity index is 1.68. The van der Waals surface area contributed by atoms with Gasteiger partial charge in [-0.05, 0) is 48.3 Å². The van der Waals surface area contributed by atoms with Crippen LogP contribution in [0, 0.1) is 0 Å². The average Bonchev–Trinajstić information content (AvgIpc) is 3.16. The lowest BCUT2D eigenvalue weighted by molar-refractivity contribution is 0.103. The summed E-state index contributed by atoms with van der Waals surface area (Å²) in [7, 11) is 0. The predicted octanol–water partition coefficient (Wildman–Crippen LogP) is 4.09. The van der Waals surface area contributed by atoms with E-state index in [2.05, 4.69) is 12.1 Å². The maximum atomic E-state index is 12.6. The Kier molecular flexibility index (Phi) is 2.78. The van der Waals surface area contributed by atoms with E-state index < -0.39 is 0 Å². The molecule has 0 radical (unpaired) electrons. The monoisotopic (exact) mass is 276 g/mol. The zero-order valence-corrected chi connectivity index (χ0v) is 11.7. The number of carbonyl (C=O) groups is 2. The third-order valence-electron chi connectivity index (χ3n) is 4.97. The van der Waals surface area contributed by atoms with Gasteiger partial charge in [-0.3, -0.25) is 9.59 Å². The highest BCUT2D eigenvalue weighted by atomic mass is 16.1. The first-order chi connectivity index (χ1) is 10.3. The van der Waals surface area contributed by atoms with Gasteiger partial charge < -0.3 is 0 Å². The molecule has 0 spiro atoms. The van der Waals surface area contributed by atoms with Crippen LogP contribution in [-0.4, -0.2) is 12.1 Å². The number of aldehydes is 1. The molecule has 2 heteroatoms. The van der Waals surface area contributed by atoms with Crippen LogP contribution in [-0.2, 0) is 0 Å². The van der Waals surface area contributed by atoms with Gasteiger partial charge in [0.15, 0.2) is 5.78 Å². The van der Waals surface area contributed by atoms with Gasteiger partial charge in [0, 0.05) is 16.7 Å². The molecule has 104 valence electrons. The van der Waals surface area contributed by atoms with Crippen LogP contribution >= 0.6 is 0 Å². The lowest BCUT2D eigenvalue weighted by Gasteiger charge is -2.15. The van der Waals surface area contributed by atoms with Crippen LogP contribution in [0.1, 0.15) is 68.5 Å². The zero-order chi connectivity index (χ0) is 14.4. The van der Waals surface area contributed by atoms with Crippen LogP contribution in [0.3, 0.4) is 0 Å². The van der Waals surface area contributed by atoms with Crippen LogP contribution in [0.15, 0.2) is 42.5 Å². The molecule has 0 N–H and O–H groups in total. The van der Waals surface area contributed by atoms with Crippen molar-refractivity contribution in [3.63, 3.8) is 0 Å². The molecule has 2 aromatic rings. The third kappa shape index (κ3) is 1.94. The molecule has 0 aliphatic heterocycles. The molecule has 1 fully saturated rings. The van der Waals surface area contributed by atoms with E-state index in [0.717, 1.165) is 17.8 Å². The molecule has 2 unspecified atom stereocenters. The van der Waals surface area contributed by atoms with E-state index in [1.165, 1.54) is 30.4 Å². The van der Waals surface area contributed by atoms with E-state index in [9.17, 15) is 9.59 Å². The summed E-state index contributed by atoms with van der Waals surface area (Å²) in [6.07, 6.45) is 4.63. The summed E-state index contributed by atoms with van der Waals surface area (Å²) in [4.78, 5) is 23.2. The molecule has 0 aromatic heterocycles. The van der Waals surface area contributed by atoms with Crippen LogP contribution < -0.4 is 0 Å². The van der Waals surface area contributed by atoms with E-state index in [1.54, 1.807) is 24.3 Å². The van der Waals surface area contributed by atoms with Gasteiger partial charge in [-0.15, -0.1) is 0 Å². The maximum absolute atomic E-state index is 12.6. The Morgan fingerprint density at radius 3 is 2.29 bits per heavy atom. The molecule has 1 saturated carbocycles. The SMILES string of the molecule is O=Cc1ccc(C(=O)c2ccc3c(c2)C2CCC3C2)cc1. The number of carbonyl (C=O) groups excluding carboxylic acids is 2. The van der Waals surface area contributed by atoms with E-state index in [1.807, 2.05) is 6.07 Å². The minimum atomic E-state index is 0.0398. The summed E-state index contributed by atoms with van der Waals surface area (Å²) in [5.41, 5.74) is 4.85. The van der Waals surface area contributed by atoms with E-state index in [-0.39, 0.29) is 5.78 Å². The first kappa shape index (κ1) is 12.5. The fourth-order valence-corrected chi connectivity index (χ4v) is 3.87. The molecule has 0 amide bonds. The second kappa shape index (κ2) is 4.66. The van der Waals surface area contributed by atoms with Crippen molar-refractivity contribution < 1.29 is 9.59 Å². The molecule has 21 heavy (non-hydrogen) atoms. The van der Waals surface area contributed by atoms with E-state index >= 15 is 0 Å². The van der Waals surface area contributed by atoms with E-state index in [4.69, 9.17) is 0 Å². The molecular formula is C19H16O2. The molecule has 2 aliphatic carbocycles. The first-order valence-corrected chi connectivity index (χ1v) is 7.50. The van der Waals surface area contributed by atoms with Crippen molar-refractivity contribution in [1.82, 2.24) is 0 Å². The summed E-state index contributed by atoms with van der Waals surface area (Å²) in [5.74, 6) is 1.43. The standard InChI is InChI=1S/C19H16O2/c20-11-12-1-3-13(4-2-12)19(21)16-7-8-17-14-5-6-15(9-14)18(17)10-16/h1-4,7-8,10-11,14-15H,5-6,9H2. The fraction of sp³-hybridized carbons (Fsp3) is 0.263. The maximum Gasteiger partial charge on any atom is 0.193 e. The number of hydrogen-bond donors (Lipinski definition) is 0. The smallest absolute Gasteiger partial charge is 0.193 e. The Bertz CT molecular complexity index is 728. The normalized spacial score (nSPS) is 22.1. The van der Waals surface area contributed by atoms with Crippen molar-refractivity contribution in [3.05, 3.63) is 70.3 Å². The summed E-state index contributed by atoms with van der Waals surface area (Å²) in [6, 6.07) is 13.0. The lowest BCUT2D eigenvalue weighted by Crippen LogP contribution is -2.05. The van der Waals surface area contributed by atoms with Gasteiger partial charge in [-0.1, -0.05) is 36.4 Å². The van der Waals surface area contributed by atoms with Gasteiger partial charge in [0.25, 0.3) is 0 Å². The lowest BCUT2D eigenvalue weighted by atomic mass is 9.89. The number of benzene rings is 2.